The monoisotopic (exact) mass is 461 g/mol. The number of carbonyl (C=O) groups is 1. The summed E-state index contributed by atoms with van der Waals surface area (Å²) in [6, 6.07) is 10.0. The molecule has 0 atom stereocenters. The summed E-state index contributed by atoms with van der Waals surface area (Å²) < 4.78 is 30.1. The zero-order valence-electron chi connectivity index (χ0n) is 17.9. The van der Waals surface area contributed by atoms with E-state index < -0.39 is 11.6 Å². The highest BCUT2D eigenvalue weighted by molar-refractivity contribution is 7.17. The minimum absolute atomic E-state index is 0.206. The lowest BCUT2D eigenvalue weighted by atomic mass is 10.0. The third-order valence-corrected chi connectivity index (χ3v) is 7.60. The lowest BCUT2D eigenvalue weighted by molar-refractivity contribution is 0.0990. The van der Waals surface area contributed by atoms with Gasteiger partial charge in [-0.25, -0.2) is 18.7 Å². The second kappa shape index (κ2) is 7.99. The Bertz CT molecular complexity index is 1370. The fraction of sp³-hybridized carbons (Fsp3) is 0.269. The van der Waals surface area contributed by atoms with Crippen molar-refractivity contribution in [2.45, 2.75) is 44.4 Å². The quantitative estimate of drug-likeness (QED) is 0.339. The number of imidazole rings is 1. The Hall–Kier alpha value is -3.19. The number of fused-ring (bicyclic) bond motifs is 3. The van der Waals surface area contributed by atoms with Gasteiger partial charge in [-0.15, -0.1) is 11.3 Å². The zero-order chi connectivity index (χ0) is 22.5. The largest absolute Gasteiger partial charge is 0.306 e. The van der Waals surface area contributed by atoms with Crippen molar-refractivity contribution in [2.75, 3.05) is 0 Å². The first-order valence-corrected chi connectivity index (χ1v) is 12.0. The molecule has 0 aliphatic heterocycles. The van der Waals surface area contributed by atoms with Crippen LogP contribution in [0.1, 0.15) is 57.5 Å². The number of hydrogen-bond donors (Lipinski definition) is 0. The summed E-state index contributed by atoms with van der Waals surface area (Å²) in [7, 11) is 0. The van der Waals surface area contributed by atoms with E-state index in [-0.39, 0.29) is 17.8 Å². The van der Waals surface area contributed by atoms with E-state index in [9.17, 15) is 13.6 Å². The highest BCUT2D eigenvalue weighted by Crippen LogP contribution is 2.40. The molecule has 0 amide bonds. The number of aromatic nitrogens is 3. The molecule has 6 rings (SSSR count). The van der Waals surface area contributed by atoms with Crippen LogP contribution in [-0.2, 0) is 19.3 Å². The summed E-state index contributed by atoms with van der Waals surface area (Å²) in [5.41, 5.74) is 5.14. The van der Waals surface area contributed by atoms with Crippen LogP contribution in [0.25, 0.3) is 16.1 Å². The Balaban J connectivity index is 1.35. The number of carbonyl (C=O) groups excluding carboxylic acids is 1. The summed E-state index contributed by atoms with van der Waals surface area (Å²) in [6.07, 6.45) is 8.69. The Morgan fingerprint density at radius 1 is 1.12 bits per heavy atom. The number of hydrogen-bond acceptors (Lipinski definition) is 4. The predicted molar refractivity (Wildman–Crippen MR) is 123 cm³/mol. The van der Waals surface area contributed by atoms with E-state index >= 15 is 0 Å². The van der Waals surface area contributed by atoms with Crippen molar-refractivity contribution in [3.63, 3.8) is 0 Å². The zero-order valence-corrected chi connectivity index (χ0v) is 18.7. The van der Waals surface area contributed by atoms with E-state index in [0.717, 1.165) is 46.8 Å². The van der Waals surface area contributed by atoms with E-state index in [1.165, 1.54) is 47.9 Å². The van der Waals surface area contributed by atoms with Gasteiger partial charge < -0.3 is 4.57 Å². The van der Waals surface area contributed by atoms with Crippen LogP contribution >= 0.6 is 11.3 Å². The van der Waals surface area contributed by atoms with Crippen molar-refractivity contribution in [1.29, 1.82) is 0 Å². The topological polar surface area (TPSA) is 47.8 Å². The first-order chi connectivity index (χ1) is 16.1. The molecule has 1 saturated carbocycles. The van der Waals surface area contributed by atoms with Gasteiger partial charge in [-0.1, -0.05) is 12.1 Å². The SMILES string of the molecule is O=C(Cc1c(F)cccc1F)c1nc2c(s1)-c1cc(-n3cnc(C4CC4)c3)ccc1CCC2. The van der Waals surface area contributed by atoms with Gasteiger partial charge in [0.15, 0.2) is 10.8 Å². The number of Topliss-reactive ketones (excluding diaryl/α,β-unsaturated/α-hetero) is 1. The summed E-state index contributed by atoms with van der Waals surface area (Å²) in [5, 5.41) is 0.305. The predicted octanol–water partition coefficient (Wildman–Crippen LogP) is 6.07. The molecule has 1 fully saturated rings. The molecule has 2 heterocycles. The molecule has 2 aliphatic rings. The van der Waals surface area contributed by atoms with Gasteiger partial charge in [-0.05, 0) is 67.5 Å². The molecule has 4 nitrogen and oxygen atoms in total. The molecule has 0 bridgehead atoms. The van der Waals surface area contributed by atoms with Crippen LogP contribution in [-0.4, -0.2) is 20.3 Å². The van der Waals surface area contributed by atoms with Gasteiger partial charge >= 0.3 is 0 Å². The van der Waals surface area contributed by atoms with Crippen molar-refractivity contribution in [2.24, 2.45) is 0 Å². The number of nitrogens with zero attached hydrogens (tertiary/aromatic N) is 3. The number of benzene rings is 2. The molecule has 2 aliphatic carbocycles. The third kappa shape index (κ3) is 3.80. The van der Waals surface area contributed by atoms with Crippen molar-refractivity contribution in [1.82, 2.24) is 14.5 Å². The number of halogens is 2. The van der Waals surface area contributed by atoms with Crippen LogP contribution in [0.5, 0.6) is 0 Å². The van der Waals surface area contributed by atoms with Crippen LogP contribution < -0.4 is 0 Å². The fourth-order valence-corrected chi connectivity index (χ4v) is 5.56. The van der Waals surface area contributed by atoms with Crippen molar-refractivity contribution in [3.05, 3.63) is 88.1 Å². The van der Waals surface area contributed by atoms with E-state index in [0.29, 0.717) is 10.9 Å². The molecule has 2 aromatic heterocycles. The molecule has 0 saturated heterocycles. The van der Waals surface area contributed by atoms with Gasteiger partial charge in [-0.3, -0.25) is 4.79 Å². The molecule has 7 heteroatoms. The summed E-state index contributed by atoms with van der Waals surface area (Å²) in [4.78, 5) is 23.0. The van der Waals surface area contributed by atoms with Crippen LogP contribution in [0.2, 0.25) is 0 Å². The molecule has 33 heavy (non-hydrogen) atoms. The van der Waals surface area contributed by atoms with Gasteiger partial charge in [0.2, 0.25) is 0 Å². The summed E-state index contributed by atoms with van der Waals surface area (Å²) in [6.45, 7) is 0. The minimum Gasteiger partial charge on any atom is -0.306 e. The molecule has 0 N–H and O–H groups in total. The first-order valence-electron chi connectivity index (χ1n) is 11.2. The molecule has 0 unspecified atom stereocenters. The van der Waals surface area contributed by atoms with E-state index in [2.05, 4.69) is 34.4 Å². The van der Waals surface area contributed by atoms with E-state index in [1.807, 2.05) is 10.9 Å². The molecule has 4 aromatic rings. The third-order valence-electron chi connectivity index (χ3n) is 6.43. The van der Waals surface area contributed by atoms with Crippen molar-refractivity contribution in [3.8, 4) is 16.1 Å². The van der Waals surface area contributed by atoms with Crippen LogP contribution in [0.4, 0.5) is 8.78 Å². The van der Waals surface area contributed by atoms with Gasteiger partial charge in [0.05, 0.1) is 22.6 Å². The summed E-state index contributed by atoms with van der Waals surface area (Å²) in [5.74, 6) is -1.18. The maximum Gasteiger partial charge on any atom is 0.195 e. The van der Waals surface area contributed by atoms with Crippen LogP contribution in [0, 0.1) is 11.6 Å². The standard InChI is InChI=1S/C26H21F2N3OS/c27-20-4-2-5-21(28)19(20)12-24(32)26-30-22-6-1-3-15-9-10-17(11-18(15)25(22)33-26)31-13-23(29-14-31)16-7-8-16/h2,4-5,9-11,13-14,16H,1,3,6-8,12H2. The van der Waals surface area contributed by atoms with Gasteiger partial charge in [0.1, 0.15) is 11.6 Å². The Kier molecular flexibility index (Phi) is 4.94. The van der Waals surface area contributed by atoms with E-state index in [4.69, 9.17) is 0 Å². The molecule has 2 aromatic carbocycles. The lowest BCUT2D eigenvalue weighted by Crippen LogP contribution is -2.07. The van der Waals surface area contributed by atoms with Crippen LogP contribution in [0.3, 0.4) is 0 Å². The molecular formula is C26H21F2N3OS. The highest BCUT2D eigenvalue weighted by atomic mass is 32.1. The van der Waals surface area contributed by atoms with Crippen molar-refractivity contribution < 1.29 is 13.6 Å². The average Bonchev–Trinajstić information content (AvgIpc) is 3.43. The second-order valence-electron chi connectivity index (χ2n) is 8.77. The van der Waals surface area contributed by atoms with Crippen molar-refractivity contribution >= 4 is 17.1 Å². The minimum atomic E-state index is -0.706. The maximum absolute atomic E-state index is 14.0. The number of thiazole rings is 1. The number of aryl methyl sites for hydroxylation is 2. The smallest absolute Gasteiger partial charge is 0.195 e. The van der Waals surface area contributed by atoms with Gasteiger partial charge in [0, 0.05) is 29.8 Å². The molecule has 0 radical (unpaired) electrons. The Labute approximate surface area is 194 Å². The molecule has 0 spiro atoms. The van der Waals surface area contributed by atoms with Gasteiger partial charge in [-0.2, -0.15) is 0 Å². The first kappa shape index (κ1) is 20.4. The van der Waals surface area contributed by atoms with E-state index in [1.54, 1.807) is 0 Å². The summed E-state index contributed by atoms with van der Waals surface area (Å²) >= 11 is 1.32. The number of rotatable bonds is 5. The Morgan fingerprint density at radius 3 is 2.73 bits per heavy atom. The second-order valence-corrected chi connectivity index (χ2v) is 9.77. The maximum atomic E-state index is 14.0. The van der Waals surface area contributed by atoms with Crippen LogP contribution in [0.15, 0.2) is 48.9 Å². The Morgan fingerprint density at radius 2 is 1.94 bits per heavy atom. The molecular weight excluding hydrogens is 440 g/mol. The fourth-order valence-electron chi connectivity index (χ4n) is 4.46. The highest BCUT2D eigenvalue weighted by Gasteiger charge is 2.27. The number of ketones is 1. The molecule has 166 valence electrons. The van der Waals surface area contributed by atoms with Gasteiger partial charge in [0.25, 0.3) is 0 Å². The lowest BCUT2D eigenvalue weighted by Gasteiger charge is -2.09. The average molecular weight is 462 g/mol. The normalized spacial score (nSPS) is 15.1.